The minimum Gasteiger partial charge on any atom is -0.348 e. The molecule has 2 aromatic carbocycles. The second-order valence-corrected chi connectivity index (χ2v) is 6.93. The van der Waals surface area contributed by atoms with Crippen LogP contribution in [0.1, 0.15) is 35.8 Å². The van der Waals surface area contributed by atoms with Gasteiger partial charge >= 0.3 is 0 Å². The number of aromatic nitrogens is 2. The second kappa shape index (κ2) is 8.18. The number of nitrogens with one attached hydrogen (secondary N) is 2. The standard InChI is InChI=1S/C22H24N4O/c27-22(20-12-11-19(25-20)18-9-5-2-6-10-18)24-15-21-23-13-14-26(21)16-17-7-3-1-4-8-17/h1-10,13-14,19-20,25H,11-12,15-16H2,(H,24,27)/t19-,20-/m1/s1. The Morgan fingerprint density at radius 3 is 2.59 bits per heavy atom. The molecule has 1 saturated heterocycles. The molecule has 5 nitrogen and oxygen atoms in total. The van der Waals surface area contributed by atoms with Crippen LogP contribution < -0.4 is 10.6 Å². The van der Waals surface area contributed by atoms with Gasteiger partial charge in [0.15, 0.2) is 0 Å². The summed E-state index contributed by atoms with van der Waals surface area (Å²) in [6.07, 6.45) is 5.56. The Morgan fingerprint density at radius 1 is 1.07 bits per heavy atom. The van der Waals surface area contributed by atoms with Gasteiger partial charge in [0.2, 0.25) is 5.91 Å². The molecule has 0 spiro atoms. The number of benzene rings is 2. The third kappa shape index (κ3) is 4.26. The first-order chi connectivity index (χ1) is 13.3. The normalized spacial score (nSPS) is 19.1. The summed E-state index contributed by atoms with van der Waals surface area (Å²) < 4.78 is 2.07. The predicted octanol–water partition coefficient (Wildman–Crippen LogP) is 3.04. The zero-order valence-electron chi connectivity index (χ0n) is 15.2. The number of rotatable bonds is 6. The van der Waals surface area contributed by atoms with Gasteiger partial charge in [0.05, 0.1) is 12.6 Å². The highest BCUT2D eigenvalue weighted by atomic mass is 16.2. The number of amides is 1. The van der Waals surface area contributed by atoms with Crippen molar-refractivity contribution in [2.75, 3.05) is 0 Å². The van der Waals surface area contributed by atoms with Gasteiger partial charge in [-0.3, -0.25) is 10.1 Å². The van der Waals surface area contributed by atoms with E-state index in [1.165, 1.54) is 11.1 Å². The van der Waals surface area contributed by atoms with Gasteiger partial charge in [-0.25, -0.2) is 4.98 Å². The van der Waals surface area contributed by atoms with Crippen molar-refractivity contribution < 1.29 is 4.79 Å². The highest BCUT2D eigenvalue weighted by Crippen LogP contribution is 2.26. The van der Waals surface area contributed by atoms with Gasteiger partial charge in [-0.15, -0.1) is 0 Å². The van der Waals surface area contributed by atoms with Crippen molar-refractivity contribution in [1.29, 1.82) is 0 Å². The van der Waals surface area contributed by atoms with Crippen LogP contribution in [-0.2, 0) is 17.9 Å². The quantitative estimate of drug-likeness (QED) is 0.710. The summed E-state index contributed by atoms with van der Waals surface area (Å²) in [6, 6.07) is 20.7. The maximum Gasteiger partial charge on any atom is 0.237 e. The molecule has 1 aromatic heterocycles. The van der Waals surface area contributed by atoms with Gasteiger partial charge in [-0.1, -0.05) is 60.7 Å². The summed E-state index contributed by atoms with van der Waals surface area (Å²) in [5.41, 5.74) is 2.46. The predicted molar refractivity (Wildman–Crippen MR) is 105 cm³/mol. The summed E-state index contributed by atoms with van der Waals surface area (Å²) in [5.74, 6) is 0.910. The molecular weight excluding hydrogens is 336 g/mol. The van der Waals surface area contributed by atoms with Gasteiger partial charge in [0.1, 0.15) is 5.82 Å². The SMILES string of the molecule is O=C(NCc1nccn1Cc1ccccc1)[C@H]1CC[C@H](c2ccccc2)N1. The molecule has 0 bridgehead atoms. The largest absolute Gasteiger partial charge is 0.348 e. The van der Waals surface area contributed by atoms with Crippen LogP contribution in [-0.4, -0.2) is 21.5 Å². The Labute approximate surface area is 159 Å². The maximum atomic E-state index is 12.6. The van der Waals surface area contributed by atoms with Crippen molar-refractivity contribution in [2.24, 2.45) is 0 Å². The highest BCUT2D eigenvalue weighted by molar-refractivity contribution is 5.82. The molecule has 0 saturated carbocycles. The molecule has 1 amide bonds. The monoisotopic (exact) mass is 360 g/mol. The molecule has 0 radical (unpaired) electrons. The molecule has 2 heterocycles. The lowest BCUT2D eigenvalue weighted by molar-refractivity contribution is -0.123. The molecule has 2 atom stereocenters. The molecule has 1 aliphatic heterocycles. The molecule has 0 unspecified atom stereocenters. The first-order valence-corrected chi connectivity index (χ1v) is 9.42. The molecule has 1 aliphatic rings. The summed E-state index contributed by atoms with van der Waals surface area (Å²) in [4.78, 5) is 17.0. The molecule has 2 N–H and O–H groups in total. The zero-order chi connectivity index (χ0) is 18.5. The Bertz CT molecular complexity index is 876. The van der Waals surface area contributed by atoms with E-state index >= 15 is 0 Å². The lowest BCUT2D eigenvalue weighted by atomic mass is 10.1. The van der Waals surface area contributed by atoms with Crippen LogP contribution in [0.2, 0.25) is 0 Å². The Morgan fingerprint density at radius 2 is 1.81 bits per heavy atom. The first kappa shape index (κ1) is 17.5. The smallest absolute Gasteiger partial charge is 0.237 e. The third-order valence-corrected chi connectivity index (χ3v) is 5.08. The van der Waals surface area contributed by atoms with E-state index in [2.05, 4.69) is 44.5 Å². The molecule has 138 valence electrons. The lowest BCUT2D eigenvalue weighted by Crippen LogP contribution is -2.41. The fourth-order valence-electron chi connectivity index (χ4n) is 3.62. The van der Waals surface area contributed by atoms with Crippen molar-refractivity contribution in [1.82, 2.24) is 20.2 Å². The van der Waals surface area contributed by atoms with Gasteiger partial charge in [-0.05, 0) is 24.0 Å². The van der Waals surface area contributed by atoms with Crippen LogP contribution in [0.5, 0.6) is 0 Å². The lowest BCUT2D eigenvalue weighted by Gasteiger charge is -2.15. The van der Waals surface area contributed by atoms with Crippen molar-refractivity contribution in [3.8, 4) is 0 Å². The third-order valence-electron chi connectivity index (χ3n) is 5.08. The van der Waals surface area contributed by atoms with E-state index in [9.17, 15) is 4.79 Å². The summed E-state index contributed by atoms with van der Waals surface area (Å²) >= 11 is 0. The van der Waals surface area contributed by atoms with Crippen LogP contribution in [0, 0.1) is 0 Å². The fourth-order valence-corrected chi connectivity index (χ4v) is 3.62. The minimum absolute atomic E-state index is 0.0442. The molecule has 27 heavy (non-hydrogen) atoms. The molecular formula is C22H24N4O. The number of carbonyl (C=O) groups is 1. The van der Waals surface area contributed by atoms with E-state index in [-0.39, 0.29) is 18.0 Å². The maximum absolute atomic E-state index is 12.6. The fraction of sp³-hybridized carbons (Fsp3) is 0.273. The van der Waals surface area contributed by atoms with Crippen LogP contribution in [0.15, 0.2) is 73.1 Å². The van der Waals surface area contributed by atoms with Crippen molar-refractivity contribution in [3.63, 3.8) is 0 Å². The molecule has 3 aromatic rings. The van der Waals surface area contributed by atoms with Crippen molar-refractivity contribution >= 4 is 5.91 Å². The summed E-state index contributed by atoms with van der Waals surface area (Å²) in [6.45, 7) is 1.19. The van der Waals surface area contributed by atoms with Gasteiger partial charge in [0, 0.05) is 25.0 Å². The number of imidazole rings is 1. The summed E-state index contributed by atoms with van der Waals surface area (Å²) in [7, 11) is 0. The number of nitrogens with zero attached hydrogens (tertiary/aromatic N) is 2. The molecule has 0 aliphatic carbocycles. The Kier molecular flexibility index (Phi) is 5.30. The van der Waals surface area contributed by atoms with Gasteiger partial charge < -0.3 is 9.88 Å². The summed E-state index contributed by atoms with van der Waals surface area (Å²) in [5, 5.41) is 6.49. The van der Waals surface area contributed by atoms with Crippen LogP contribution in [0.3, 0.4) is 0 Å². The van der Waals surface area contributed by atoms with Crippen LogP contribution >= 0.6 is 0 Å². The first-order valence-electron chi connectivity index (χ1n) is 9.42. The average Bonchev–Trinajstić information content (AvgIpc) is 3.37. The molecule has 5 heteroatoms. The van der Waals surface area contributed by atoms with Crippen molar-refractivity contribution in [3.05, 3.63) is 90.0 Å². The van der Waals surface area contributed by atoms with Gasteiger partial charge in [0.25, 0.3) is 0 Å². The van der Waals surface area contributed by atoms with E-state index in [0.29, 0.717) is 6.54 Å². The Balaban J connectivity index is 1.32. The van der Waals surface area contributed by atoms with Crippen LogP contribution in [0.25, 0.3) is 0 Å². The van der Waals surface area contributed by atoms with E-state index in [1.54, 1.807) is 6.20 Å². The number of hydrogen-bond donors (Lipinski definition) is 2. The minimum atomic E-state index is -0.146. The average molecular weight is 360 g/mol. The second-order valence-electron chi connectivity index (χ2n) is 6.93. The van der Waals surface area contributed by atoms with Gasteiger partial charge in [-0.2, -0.15) is 0 Å². The van der Waals surface area contributed by atoms with E-state index in [0.717, 1.165) is 25.2 Å². The highest BCUT2D eigenvalue weighted by Gasteiger charge is 2.29. The number of hydrogen-bond acceptors (Lipinski definition) is 3. The van der Waals surface area contributed by atoms with E-state index in [4.69, 9.17) is 0 Å². The number of carbonyl (C=O) groups excluding carboxylic acids is 1. The topological polar surface area (TPSA) is 59.0 Å². The molecule has 1 fully saturated rings. The zero-order valence-corrected chi connectivity index (χ0v) is 15.2. The van der Waals surface area contributed by atoms with Crippen LogP contribution in [0.4, 0.5) is 0 Å². The molecule has 4 rings (SSSR count). The van der Waals surface area contributed by atoms with E-state index in [1.807, 2.05) is 42.6 Å². The Hall–Kier alpha value is -2.92. The van der Waals surface area contributed by atoms with Crippen molar-refractivity contribution in [2.45, 2.75) is 38.0 Å². The van der Waals surface area contributed by atoms with E-state index < -0.39 is 0 Å².